The van der Waals surface area contributed by atoms with Crippen LogP contribution in [-0.4, -0.2) is 27.7 Å². The smallest absolute Gasteiger partial charge is 0.216 e. The molecule has 0 aliphatic heterocycles. The Morgan fingerprint density at radius 3 is 2.76 bits per heavy atom. The van der Waals surface area contributed by atoms with E-state index >= 15 is 0 Å². The molecule has 1 saturated carbocycles. The molecule has 1 aliphatic carbocycles. The zero-order valence-electron chi connectivity index (χ0n) is 14.8. The Bertz CT molecular complexity index is 742. The highest BCUT2D eigenvalue weighted by atomic mass is 32.1. The molecular formula is C19H26N4OS. The fourth-order valence-corrected chi connectivity index (χ4v) is 3.55. The lowest BCUT2D eigenvalue weighted by atomic mass is 9.86. The molecule has 3 rings (SSSR count). The lowest BCUT2D eigenvalue weighted by Gasteiger charge is -2.20. The monoisotopic (exact) mass is 358 g/mol. The SMILES string of the molecule is CCOc1ccc(/C=N\n2c(CCC3CCCCC3)n[nH]c2=S)cc1. The highest BCUT2D eigenvalue weighted by Gasteiger charge is 2.15. The van der Waals surface area contributed by atoms with Gasteiger partial charge in [0, 0.05) is 6.42 Å². The molecule has 0 atom stereocenters. The van der Waals surface area contributed by atoms with Gasteiger partial charge < -0.3 is 4.74 Å². The van der Waals surface area contributed by atoms with Gasteiger partial charge in [-0.1, -0.05) is 32.1 Å². The third-order valence-corrected chi connectivity index (χ3v) is 5.00. The summed E-state index contributed by atoms with van der Waals surface area (Å²) in [6.07, 6.45) is 10.7. The summed E-state index contributed by atoms with van der Waals surface area (Å²) in [4.78, 5) is 0. The van der Waals surface area contributed by atoms with E-state index < -0.39 is 0 Å². The summed E-state index contributed by atoms with van der Waals surface area (Å²) >= 11 is 5.33. The molecule has 0 spiro atoms. The van der Waals surface area contributed by atoms with Gasteiger partial charge in [0.15, 0.2) is 5.82 Å². The van der Waals surface area contributed by atoms with Crippen LogP contribution >= 0.6 is 12.2 Å². The fourth-order valence-electron chi connectivity index (χ4n) is 3.36. The molecule has 0 bridgehead atoms. The molecule has 1 aromatic carbocycles. The van der Waals surface area contributed by atoms with Crippen LogP contribution < -0.4 is 4.74 Å². The van der Waals surface area contributed by atoms with E-state index in [0.29, 0.717) is 11.4 Å². The van der Waals surface area contributed by atoms with E-state index in [1.165, 1.54) is 32.1 Å². The minimum Gasteiger partial charge on any atom is -0.494 e. The molecule has 6 heteroatoms. The van der Waals surface area contributed by atoms with Gasteiger partial charge >= 0.3 is 0 Å². The Kier molecular flexibility index (Phi) is 6.39. The van der Waals surface area contributed by atoms with Crippen LogP contribution in [0, 0.1) is 10.7 Å². The van der Waals surface area contributed by atoms with Gasteiger partial charge in [-0.15, -0.1) is 0 Å². The minimum atomic E-state index is 0.542. The van der Waals surface area contributed by atoms with E-state index in [1.807, 2.05) is 37.4 Å². The van der Waals surface area contributed by atoms with Gasteiger partial charge in [0.1, 0.15) is 5.75 Å². The number of rotatable bonds is 7. The van der Waals surface area contributed by atoms with Gasteiger partial charge in [0.2, 0.25) is 4.77 Å². The van der Waals surface area contributed by atoms with Crippen molar-refractivity contribution < 1.29 is 4.74 Å². The number of hydrogen-bond donors (Lipinski definition) is 1. The van der Waals surface area contributed by atoms with E-state index in [0.717, 1.165) is 35.9 Å². The second-order valence-corrected chi connectivity index (χ2v) is 6.93. The summed E-state index contributed by atoms with van der Waals surface area (Å²) in [6, 6.07) is 7.87. The topological polar surface area (TPSA) is 55.2 Å². The summed E-state index contributed by atoms with van der Waals surface area (Å²) in [5.41, 5.74) is 1.00. The van der Waals surface area contributed by atoms with Crippen LogP contribution in [0.1, 0.15) is 56.8 Å². The van der Waals surface area contributed by atoms with Gasteiger partial charge in [0.25, 0.3) is 0 Å². The first-order chi connectivity index (χ1) is 12.3. The summed E-state index contributed by atoms with van der Waals surface area (Å²) in [5, 5.41) is 11.8. The first kappa shape index (κ1) is 17.9. The number of hydrogen-bond acceptors (Lipinski definition) is 4. The highest BCUT2D eigenvalue weighted by molar-refractivity contribution is 7.71. The van der Waals surface area contributed by atoms with Crippen molar-refractivity contribution in [2.45, 2.75) is 51.9 Å². The predicted molar refractivity (Wildman–Crippen MR) is 103 cm³/mol. The van der Waals surface area contributed by atoms with Gasteiger partial charge in [-0.2, -0.15) is 14.9 Å². The van der Waals surface area contributed by atoms with Gasteiger partial charge in [-0.3, -0.25) is 5.10 Å². The predicted octanol–water partition coefficient (Wildman–Crippen LogP) is 4.73. The minimum absolute atomic E-state index is 0.542. The standard InChI is InChI=1S/C19H26N4OS/c1-2-24-17-11-8-16(9-12-17)14-20-23-18(21-22-19(23)25)13-10-15-6-4-3-5-7-15/h8-9,11-12,14-15H,2-7,10,13H2,1H3,(H,22,25)/b20-14-. The molecule has 5 nitrogen and oxygen atoms in total. The summed E-state index contributed by atoms with van der Waals surface area (Å²) in [5.74, 6) is 2.60. The van der Waals surface area contributed by atoms with Crippen LogP contribution in [0.3, 0.4) is 0 Å². The largest absolute Gasteiger partial charge is 0.494 e. The van der Waals surface area contributed by atoms with Crippen molar-refractivity contribution >= 4 is 18.4 Å². The number of benzene rings is 1. The van der Waals surface area contributed by atoms with Crippen molar-refractivity contribution in [1.82, 2.24) is 14.9 Å². The molecular weight excluding hydrogens is 332 g/mol. The van der Waals surface area contributed by atoms with Crippen LogP contribution in [-0.2, 0) is 6.42 Å². The normalized spacial score (nSPS) is 15.7. The zero-order chi connectivity index (χ0) is 17.5. The molecule has 0 saturated heterocycles. The third-order valence-electron chi connectivity index (χ3n) is 4.73. The number of aromatic nitrogens is 3. The van der Waals surface area contributed by atoms with Crippen molar-refractivity contribution in [3.05, 3.63) is 40.4 Å². The van der Waals surface area contributed by atoms with Gasteiger partial charge in [0.05, 0.1) is 12.8 Å². The quantitative estimate of drug-likeness (QED) is 0.575. The molecule has 2 aromatic rings. The van der Waals surface area contributed by atoms with Crippen LogP contribution in [0.5, 0.6) is 5.75 Å². The summed E-state index contributed by atoms with van der Waals surface area (Å²) in [7, 11) is 0. The maximum Gasteiger partial charge on any atom is 0.216 e. The lowest BCUT2D eigenvalue weighted by Crippen LogP contribution is -2.09. The number of aromatic amines is 1. The lowest BCUT2D eigenvalue weighted by molar-refractivity contribution is 0.336. The molecule has 1 aliphatic rings. The van der Waals surface area contributed by atoms with E-state index in [1.54, 1.807) is 4.68 Å². The maximum absolute atomic E-state index is 5.46. The van der Waals surface area contributed by atoms with Crippen LogP contribution in [0.15, 0.2) is 29.4 Å². The Labute approximate surface area is 154 Å². The number of ether oxygens (including phenoxy) is 1. The molecule has 1 N–H and O–H groups in total. The summed E-state index contributed by atoms with van der Waals surface area (Å²) in [6.45, 7) is 2.65. The Morgan fingerprint density at radius 1 is 1.28 bits per heavy atom. The number of nitrogens with zero attached hydrogens (tertiary/aromatic N) is 3. The first-order valence-electron chi connectivity index (χ1n) is 9.19. The van der Waals surface area contributed by atoms with Crippen LogP contribution in [0.25, 0.3) is 0 Å². The average molecular weight is 359 g/mol. The molecule has 25 heavy (non-hydrogen) atoms. The van der Waals surface area contributed by atoms with Crippen molar-refractivity contribution in [3.8, 4) is 5.75 Å². The second kappa shape index (κ2) is 8.94. The van der Waals surface area contributed by atoms with E-state index in [2.05, 4.69) is 15.3 Å². The maximum atomic E-state index is 5.46. The Morgan fingerprint density at radius 2 is 2.04 bits per heavy atom. The van der Waals surface area contributed by atoms with Gasteiger partial charge in [-0.05, 0) is 61.3 Å². The number of nitrogens with one attached hydrogen (secondary N) is 1. The molecule has 1 heterocycles. The molecule has 0 radical (unpaired) electrons. The number of aryl methyl sites for hydroxylation is 1. The van der Waals surface area contributed by atoms with Crippen molar-refractivity contribution in [2.75, 3.05) is 6.61 Å². The van der Waals surface area contributed by atoms with Crippen molar-refractivity contribution in [3.63, 3.8) is 0 Å². The molecule has 0 amide bonds. The van der Waals surface area contributed by atoms with Crippen molar-refractivity contribution in [2.24, 2.45) is 11.0 Å². The Balaban J connectivity index is 1.65. The molecule has 0 unspecified atom stereocenters. The average Bonchev–Trinajstić information content (AvgIpc) is 3.00. The van der Waals surface area contributed by atoms with Crippen molar-refractivity contribution in [1.29, 1.82) is 0 Å². The second-order valence-electron chi connectivity index (χ2n) is 6.55. The van der Waals surface area contributed by atoms with E-state index in [9.17, 15) is 0 Å². The van der Waals surface area contributed by atoms with Crippen LogP contribution in [0.4, 0.5) is 0 Å². The molecule has 1 fully saturated rings. The fraction of sp³-hybridized carbons (Fsp3) is 0.526. The van der Waals surface area contributed by atoms with Gasteiger partial charge in [-0.25, -0.2) is 0 Å². The van der Waals surface area contributed by atoms with E-state index in [4.69, 9.17) is 17.0 Å². The first-order valence-corrected chi connectivity index (χ1v) is 9.60. The highest BCUT2D eigenvalue weighted by Crippen LogP contribution is 2.27. The molecule has 1 aromatic heterocycles. The molecule has 134 valence electrons. The Hall–Kier alpha value is -1.95. The van der Waals surface area contributed by atoms with E-state index in [-0.39, 0.29) is 0 Å². The summed E-state index contributed by atoms with van der Waals surface area (Å²) < 4.78 is 7.74. The third kappa shape index (κ3) is 5.01. The number of H-pyrrole nitrogens is 1. The van der Waals surface area contributed by atoms with Crippen LogP contribution in [0.2, 0.25) is 0 Å². The zero-order valence-corrected chi connectivity index (χ0v) is 15.6.